The van der Waals surface area contributed by atoms with Crippen LogP contribution in [0.25, 0.3) is 0 Å². The minimum atomic E-state index is 0.0721. The van der Waals surface area contributed by atoms with Crippen molar-refractivity contribution in [3.05, 3.63) is 0 Å². The first kappa shape index (κ1) is 13.5. The number of nitrogens with one attached hydrogen (secondary N) is 2. The second-order valence-corrected chi connectivity index (χ2v) is 5.44. The Labute approximate surface area is 99.4 Å². The Kier molecular flexibility index (Phi) is 4.78. The molecule has 0 saturated heterocycles. The van der Waals surface area contributed by atoms with E-state index in [2.05, 4.69) is 31.4 Å². The number of hydrogen-bond acceptors (Lipinski definition) is 2. The van der Waals surface area contributed by atoms with Crippen LogP contribution < -0.4 is 10.6 Å². The summed E-state index contributed by atoms with van der Waals surface area (Å²) in [7, 11) is 0. The maximum absolute atomic E-state index is 11.8. The molecule has 0 aromatic carbocycles. The van der Waals surface area contributed by atoms with Crippen LogP contribution in [0.15, 0.2) is 0 Å². The van der Waals surface area contributed by atoms with E-state index in [1.54, 1.807) is 0 Å². The Morgan fingerprint density at radius 1 is 1.31 bits per heavy atom. The van der Waals surface area contributed by atoms with Crippen LogP contribution in [0.4, 0.5) is 0 Å². The van der Waals surface area contributed by atoms with Crippen LogP contribution in [-0.4, -0.2) is 25.5 Å². The van der Waals surface area contributed by atoms with Crippen molar-refractivity contribution in [1.29, 1.82) is 0 Å². The summed E-state index contributed by atoms with van der Waals surface area (Å²) >= 11 is 0. The molecule has 1 fully saturated rings. The van der Waals surface area contributed by atoms with Gasteiger partial charge in [0.05, 0.1) is 0 Å². The van der Waals surface area contributed by atoms with Gasteiger partial charge in [0.15, 0.2) is 0 Å². The molecule has 16 heavy (non-hydrogen) atoms. The van der Waals surface area contributed by atoms with Crippen LogP contribution in [0.1, 0.15) is 40.5 Å². The SMILES string of the molecule is CCNCC(C)C(=O)NCC1(C(C)C)CC1. The first-order valence-electron chi connectivity index (χ1n) is 6.50. The number of hydrogen-bond donors (Lipinski definition) is 2. The van der Waals surface area contributed by atoms with E-state index in [0.717, 1.165) is 19.6 Å². The zero-order valence-corrected chi connectivity index (χ0v) is 11.1. The molecule has 0 radical (unpaired) electrons. The molecule has 2 N–H and O–H groups in total. The van der Waals surface area contributed by atoms with Gasteiger partial charge in [0, 0.05) is 19.0 Å². The molecule has 1 aliphatic rings. The molecule has 0 aromatic heterocycles. The average molecular weight is 226 g/mol. The molecular formula is C13H26N2O. The summed E-state index contributed by atoms with van der Waals surface area (Å²) in [6, 6.07) is 0. The average Bonchev–Trinajstić information content (AvgIpc) is 3.03. The van der Waals surface area contributed by atoms with Crippen molar-refractivity contribution in [2.75, 3.05) is 19.6 Å². The lowest BCUT2D eigenvalue weighted by molar-refractivity contribution is -0.124. The molecule has 1 unspecified atom stereocenters. The Balaban J connectivity index is 2.24. The Morgan fingerprint density at radius 3 is 2.38 bits per heavy atom. The third-order valence-corrected chi connectivity index (χ3v) is 3.88. The monoisotopic (exact) mass is 226 g/mol. The third kappa shape index (κ3) is 3.48. The van der Waals surface area contributed by atoms with Gasteiger partial charge in [0.1, 0.15) is 0 Å². The molecule has 1 amide bonds. The topological polar surface area (TPSA) is 41.1 Å². The predicted molar refractivity (Wildman–Crippen MR) is 67.2 cm³/mol. The van der Waals surface area contributed by atoms with Gasteiger partial charge in [-0.25, -0.2) is 0 Å². The first-order valence-corrected chi connectivity index (χ1v) is 6.50. The van der Waals surface area contributed by atoms with Crippen molar-refractivity contribution in [3.8, 4) is 0 Å². The molecule has 0 aromatic rings. The Hall–Kier alpha value is -0.570. The van der Waals surface area contributed by atoms with Crippen LogP contribution in [-0.2, 0) is 4.79 Å². The van der Waals surface area contributed by atoms with E-state index in [1.165, 1.54) is 12.8 Å². The van der Waals surface area contributed by atoms with Crippen LogP contribution >= 0.6 is 0 Å². The van der Waals surface area contributed by atoms with Crippen molar-refractivity contribution in [2.45, 2.75) is 40.5 Å². The van der Waals surface area contributed by atoms with E-state index in [-0.39, 0.29) is 11.8 Å². The van der Waals surface area contributed by atoms with Crippen molar-refractivity contribution >= 4 is 5.91 Å². The van der Waals surface area contributed by atoms with Crippen molar-refractivity contribution in [1.82, 2.24) is 10.6 Å². The van der Waals surface area contributed by atoms with Gasteiger partial charge in [-0.05, 0) is 30.7 Å². The van der Waals surface area contributed by atoms with Crippen molar-refractivity contribution in [2.24, 2.45) is 17.3 Å². The fraction of sp³-hybridized carbons (Fsp3) is 0.923. The number of carbonyl (C=O) groups is 1. The van der Waals surface area contributed by atoms with Crippen LogP contribution in [0, 0.1) is 17.3 Å². The molecule has 3 nitrogen and oxygen atoms in total. The summed E-state index contributed by atoms with van der Waals surface area (Å²) in [6.07, 6.45) is 2.54. The maximum atomic E-state index is 11.8. The highest BCUT2D eigenvalue weighted by atomic mass is 16.1. The quantitative estimate of drug-likeness (QED) is 0.695. The summed E-state index contributed by atoms with van der Waals surface area (Å²) in [4.78, 5) is 11.8. The minimum Gasteiger partial charge on any atom is -0.355 e. The van der Waals surface area contributed by atoms with Gasteiger partial charge in [-0.2, -0.15) is 0 Å². The smallest absolute Gasteiger partial charge is 0.224 e. The molecular weight excluding hydrogens is 200 g/mol. The summed E-state index contributed by atoms with van der Waals surface area (Å²) < 4.78 is 0. The number of rotatable bonds is 7. The lowest BCUT2D eigenvalue weighted by Crippen LogP contribution is -2.39. The molecule has 1 aliphatic carbocycles. The normalized spacial score (nSPS) is 19.6. The third-order valence-electron chi connectivity index (χ3n) is 3.88. The summed E-state index contributed by atoms with van der Waals surface area (Å²) in [5, 5.41) is 6.30. The summed E-state index contributed by atoms with van der Waals surface area (Å²) in [5.74, 6) is 0.938. The fourth-order valence-electron chi connectivity index (χ4n) is 2.01. The van der Waals surface area contributed by atoms with Crippen molar-refractivity contribution in [3.63, 3.8) is 0 Å². The zero-order chi connectivity index (χ0) is 12.2. The number of carbonyl (C=O) groups excluding carboxylic acids is 1. The van der Waals surface area contributed by atoms with E-state index in [1.807, 2.05) is 6.92 Å². The van der Waals surface area contributed by atoms with E-state index in [0.29, 0.717) is 11.3 Å². The van der Waals surface area contributed by atoms with Gasteiger partial charge >= 0.3 is 0 Å². The standard InChI is InChI=1S/C13H26N2O/c1-5-14-8-11(4)12(16)15-9-13(6-7-13)10(2)3/h10-11,14H,5-9H2,1-4H3,(H,15,16). The highest BCUT2D eigenvalue weighted by Crippen LogP contribution is 2.51. The second kappa shape index (κ2) is 5.67. The number of amides is 1. The van der Waals surface area contributed by atoms with Gasteiger partial charge in [0.2, 0.25) is 5.91 Å². The summed E-state index contributed by atoms with van der Waals surface area (Å²) in [6.45, 7) is 11.1. The highest BCUT2D eigenvalue weighted by Gasteiger charge is 2.45. The molecule has 94 valence electrons. The molecule has 0 aliphatic heterocycles. The molecule has 0 spiro atoms. The van der Waals surface area contributed by atoms with E-state index >= 15 is 0 Å². The van der Waals surface area contributed by atoms with Crippen LogP contribution in [0.5, 0.6) is 0 Å². The molecule has 3 heteroatoms. The fourth-order valence-corrected chi connectivity index (χ4v) is 2.01. The van der Waals surface area contributed by atoms with Crippen LogP contribution in [0.3, 0.4) is 0 Å². The zero-order valence-electron chi connectivity index (χ0n) is 11.1. The lowest BCUT2D eigenvalue weighted by Gasteiger charge is -2.21. The van der Waals surface area contributed by atoms with E-state index in [4.69, 9.17) is 0 Å². The summed E-state index contributed by atoms with van der Waals surface area (Å²) in [5.41, 5.74) is 0.410. The van der Waals surface area contributed by atoms with Crippen LogP contribution in [0.2, 0.25) is 0 Å². The second-order valence-electron chi connectivity index (χ2n) is 5.44. The lowest BCUT2D eigenvalue weighted by atomic mass is 9.92. The van der Waals surface area contributed by atoms with E-state index in [9.17, 15) is 4.79 Å². The van der Waals surface area contributed by atoms with Gasteiger partial charge < -0.3 is 10.6 Å². The van der Waals surface area contributed by atoms with Gasteiger partial charge in [-0.15, -0.1) is 0 Å². The van der Waals surface area contributed by atoms with Gasteiger partial charge in [-0.3, -0.25) is 4.79 Å². The molecule has 1 saturated carbocycles. The molecule has 0 heterocycles. The molecule has 1 rings (SSSR count). The van der Waals surface area contributed by atoms with Crippen molar-refractivity contribution < 1.29 is 4.79 Å². The first-order chi connectivity index (χ1) is 7.52. The van der Waals surface area contributed by atoms with Gasteiger partial charge in [0.25, 0.3) is 0 Å². The highest BCUT2D eigenvalue weighted by molar-refractivity contribution is 5.78. The molecule has 1 atom stereocenters. The van der Waals surface area contributed by atoms with Gasteiger partial charge in [-0.1, -0.05) is 27.7 Å². The largest absolute Gasteiger partial charge is 0.355 e. The predicted octanol–water partition coefficient (Wildman–Crippen LogP) is 1.78. The molecule has 0 bridgehead atoms. The maximum Gasteiger partial charge on any atom is 0.224 e. The Morgan fingerprint density at radius 2 is 1.94 bits per heavy atom. The minimum absolute atomic E-state index is 0.0721. The Bertz CT molecular complexity index is 234. The van der Waals surface area contributed by atoms with E-state index < -0.39 is 0 Å².